The van der Waals surface area contributed by atoms with Gasteiger partial charge in [-0.2, -0.15) is 0 Å². The molecule has 1 atom stereocenters. The second-order valence-corrected chi connectivity index (χ2v) is 6.25. The Bertz CT molecular complexity index is 653. The van der Waals surface area contributed by atoms with Crippen LogP contribution in [0, 0.1) is 13.8 Å². The molecule has 106 valence electrons. The average Bonchev–Trinajstić information content (AvgIpc) is 2.41. The molecule has 0 saturated heterocycles. The normalized spacial score (nSPS) is 12.2. The van der Waals surface area contributed by atoms with Crippen molar-refractivity contribution >= 4 is 16.5 Å². The van der Waals surface area contributed by atoms with Crippen molar-refractivity contribution in [2.24, 2.45) is 0 Å². The molecule has 0 fully saturated rings. The summed E-state index contributed by atoms with van der Waals surface area (Å²) in [4.78, 5) is 0.786. The van der Waals surface area contributed by atoms with Crippen molar-refractivity contribution in [3.8, 4) is 5.75 Å². The highest BCUT2D eigenvalue weighted by atomic mass is 32.2. The summed E-state index contributed by atoms with van der Waals surface area (Å²) >= 11 is 0. The van der Waals surface area contributed by atoms with E-state index in [0.29, 0.717) is 11.4 Å². The summed E-state index contributed by atoms with van der Waals surface area (Å²) in [5, 5.41) is 0. The molecule has 0 amide bonds. The Morgan fingerprint density at radius 3 is 2.60 bits per heavy atom. The van der Waals surface area contributed by atoms with E-state index in [0.717, 1.165) is 27.3 Å². The minimum absolute atomic E-state index is 0.426. The zero-order chi connectivity index (χ0) is 14.7. The van der Waals surface area contributed by atoms with Crippen LogP contribution in [0.4, 0.5) is 5.69 Å². The Kier molecular flexibility index (Phi) is 4.45. The summed E-state index contributed by atoms with van der Waals surface area (Å²) in [6.45, 7) is 3.96. The molecule has 0 heterocycles. The maximum absolute atomic E-state index is 12.6. The van der Waals surface area contributed by atoms with E-state index in [9.17, 15) is 4.21 Å². The molecular weight excluding hydrogens is 270 g/mol. The Balaban J connectivity index is 2.32. The lowest BCUT2D eigenvalue weighted by atomic mass is 10.1. The maximum atomic E-state index is 12.6. The maximum Gasteiger partial charge on any atom is 0.123 e. The van der Waals surface area contributed by atoms with Crippen LogP contribution in [0.2, 0.25) is 0 Å². The van der Waals surface area contributed by atoms with Crippen molar-refractivity contribution in [2.75, 3.05) is 12.8 Å². The van der Waals surface area contributed by atoms with Crippen molar-refractivity contribution in [3.63, 3.8) is 0 Å². The third-order valence-corrected chi connectivity index (χ3v) is 4.68. The van der Waals surface area contributed by atoms with Gasteiger partial charge in [0.1, 0.15) is 5.75 Å². The van der Waals surface area contributed by atoms with E-state index < -0.39 is 10.8 Å². The van der Waals surface area contributed by atoms with E-state index >= 15 is 0 Å². The molecule has 0 aliphatic heterocycles. The second-order valence-electron chi connectivity index (χ2n) is 4.83. The SMILES string of the molecule is COc1ccc(C)cc1CS(=O)c1cc(N)ccc1C. The number of rotatable bonds is 4. The molecule has 2 aromatic carbocycles. The van der Waals surface area contributed by atoms with Gasteiger partial charge in [0.05, 0.1) is 23.7 Å². The molecule has 0 aliphatic carbocycles. The molecule has 0 saturated carbocycles. The first kappa shape index (κ1) is 14.6. The molecular formula is C16H19NO2S. The van der Waals surface area contributed by atoms with Crippen molar-refractivity contribution in [2.45, 2.75) is 24.5 Å². The van der Waals surface area contributed by atoms with Gasteiger partial charge >= 0.3 is 0 Å². The van der Waals surface area contributed by atoms with Crippen LogP contribution in [0.15, 0.2) is 41.3 Å². The van der Waals surface area contributed by atoms with Gasteiger partial charge in [-0.15, -0.1) is 0 Å². The number of hydrogen-bond donors (Lipinski definition) is 1. The first-order valence-electron chi connectivity index (χ1n) is 6.39. The zero-order valence-corrected chi connectivity index (χ0v) is 12.8. The van der Waals surface area contributed by atoms with Gasteiger partial charge in [0.2, 0.25) is 0 Å². The van der Waals surface area contributed by atoms with Gasteiger partial charge in [0.15, 0.2) is 0 Å². The first-order valence-corrected chi connectivity index (χ1v) is 7.71. The third-order valence-electron chi connectivity index (χ3n) is 3.18. The molecule has 2 N–H and O–H groups in total. The number of nitrogens with two attached hydrogens (primary N) is 1. The van der Waals surface area contributed by atoms with Gasteiger partial charge in [-0.25, -0.2) is 0 Å². The Morgan fingerprint density at radius 2 is 1.90 bits per heavy atom. The fourth-order valence-electron chi connectivity index (χ4n) is 2.10. The van der Waals surface area contributed by atoms with Gasteiger partial charge in [0, 0.05) is 16.1 Å². The Labute approximate surface area is 122 Å². The van der Waals surface area contributed by atoms with E-state index in [4.69, 9.17) is 10.5 Å². The third kappa shape index (κ3) is 3.20. The lowest BCUT2D eigenvalue weighted by Crippen LogP contribution is -2.02. The Hall–Kier alpha value is -1.81. The summed E-state index contributed by atoms with van der Waals surface area (Å²) in [7, 11) is 0.491. The molecule has 2 aromatic rings. The van der Waals surface area contributed by atoms with Crippen LogP contribution in [0.25, 0.3) is 0 Å². The molecule has 3 nitrogen and oxygen atoms in total. The lowest BCUT2D eigenvalue weighted by molar-refractivity contribution is 0.411. The van der Waals surface area contributed by atoms with E-state index in [2.05, 4.69) is 0 Å². The number of ether oxygens (including phenoxy) is 1. The number of anilines is 1. The van der Waals surface area contributed by atoms with Crippen molar-refractivity contribution in [1.82, 2.24) is 0 Å². The van der Waals surface area contributed by atoms with E-state index in [1.54, 1.807) is 13.2 Å². The summed E-state index contributed by atoms with van der Waals surface area (Å²) in [6.07, 6.45) is 0. The highest BCUT2D eigenvalue weighted by Gasteiger charge is 2.12. The van der Waals surface area contributed by atoms with Crippen molar-refractivity contribution in [3.05, 3.63) is 53.1 Å². The summed E-state index contributed by atoms with van der Waals surface area (Å²) in [5.74, 6) is 1.19. The predicted octanol–water partition coefficient (Wildman–Crippen LogP) is 3.20. The van der Waals surface area contributed by atoms with Crippen molar-refractivity contribution < 1.29 is 8.95 Å². The average molecular weight is 289 g/mol. The second kappa shape index (κ2) is 6.09. The van der Waals surface area contributed by atoms with E-state index in [1.165, 1.54) is 0 Å². The molecule has 20 heavy (non-hydrogen) atoms. The van der Waals surface area contributed by atoms with E-state index in [1.807, 2.05) is 44.2 Å². The van der Waals surface area contributed by atoms with Crippen LogP contribution in [0.5, 0.6) is 5.75 Å². The standard InChI is InChI=1S/C16H19NO2S/c1-11-4-7-15(19-3)13(8-11)10-20(18)16-9-14(17)6-5-12(16)2/h4-9H,10,17H2,1-3H3. The smallest absolute Gasteiger partial charge is 0.123 e. The monoisotopic (exact) mass is 289 g/mol. The molecule has 1 unspecified atom stereocenters. The quantitative estimate of drug-likeness (QED) is 0.879. The molecule has 0 aliphatic rings. The highest BCUT2D eigenvalue weighted by Crippen LogP contribution is 2.25. The van der Waals surface area contributed by atoms with Crippen molar-refractivity contribution in [1.29, 1.82) is 0 Å². The molecule has 0 bridgehead atoms. The van der Waals surface area contributed by atoms with Crippen LogP contribution < -0.4 is 10.5 Å². The Morgan fingerprint density at radius 1 is 1.15 bits per heavy atom. The summed E-state index contributed by atoms with van der Waals surface area (Å²) < 4.78 is 17.9. The fourth-order valence-corrected chi connectivity index (χ4v) is 3.46. The number of methoxy groups -OCH3 is 1. The van der Waals surface area contributed by atoms with Crippen LogP contribution in [-0.4, -0.2) is 11.3 Å². The zero-order valence-electron chi connectivity index (χ0n) is 12.0. The highest BCUT2D eigenvalue weighted by molar-refractivity contribution is 7.84. The summed E-state index contributed by atoms with van der Waals surface area (Å²) in [6, 6.07) is 11.4. The van der Waals surface area contributed by atoms with Crippen LogP contribution >= 0.6 is 0 Å². The number of aryl methyl sites for hydroxylation is 2. The topological polar surface area (TPSA) is 52.3 Å². The van der Waals surface area contributed by atoms with Gasteiger partial charge < -0.3 is 10.5 Å². The van der Waals surface area contributed by atoms with Gasteiger partial charge in [-0.3, -0.25) is 4.21 Å². The molecule has 4 heteroatoms. The van der Waals surface area contributed by atoms with Crippen LogP contribution in [0.1, 0.15) is 16.7 Å². The van der Waals surface area contributed by atoms with Gasteiger partial charge in [-0.05, 0) is 37.6 Å². The summed E-state index contributed by atoms with van der Waals surface area (Å²) in [5.41, 5.74) is 9.48. The van der Waals surface area contributed by atoms with Gasteiger partial charge in [0.25, 0.3) is 0 Å². The fraction of sp³-hybridized carbons (Fsp3) is 0.250. The molecule has 0 spiro atoms. The minimum atomic E-state index is -1.14. The first-order chi connectivity index (χ1) is 9.51. The number of benzene rings is 2. The minimum Gasteiger partial charge on any atom is -0.496 e. The molecule has 0 radical (unpaired) electrons. The molecule has 2 rings (SSSR count). The predicted molar refractivity (Wildman–Crippen MR) is 83.4 cm³/mol. The van der Waals surface area contributed by atoms with Gasteiger partial charge in [-0.1, -0.05) is 23.8 Å². The number of nitrogen functional groups attached to an aromatic ring is 1. The molecule has 0 aromatic heterocycles. The van der Waals surface area contributed by atoms with Crippen LogP contribution in [0.3, 0.4) is 0 Å². The number of hydrogen-bond acceptors (Lipinski definition) is 3. The lowest BCUT2D eigenvalue weighted by Gasteiger charge is -2.11. The van der Waals surface area contributed by atoms with Crippen LogP contribution in [-0.2, 0) is 16.6 Å². The van der Waals surface area contributed by atoms with E-state index in [-0.39, 0.29) is 0 Å². The largest absolute Gasteiger partial charge is 0.496 e.